The molecule has 27 heavy (non-hydrogen) atoms. The summed E-state index contributed by atoms with van der Waals surface area (Å²) in [5.74, 6) is 0.544. The number of likely N-dealkylation sites (tertiary alicyclic amines) is 1. The van der Waals surface area contributed by atoms with Crippen LogP contribution in [0.25, 0.3) is 0 Å². The van der Waals surface area contributed by atoms with E-state index in [9.17, 15) is 4.79 Å². The molecule has 0 radical (unpaired) electrons. The van der Waals surface area contributed by atoms with Gasteiger partial charge in [-0.05, 0) is 54.9 Å². The topological polar surface area (TPSA) is 29.5 Å². The average Bonchev–Trinajstić information content (AvgIpc) is 2.61. The second-order valence-electron chi connectivity index (χ2n) is 7.85. The van der Waals surface area contributed by atoms with Crippen LogP contribution in [0, 0.1) is 11.8 Å². The molecule has 2 rings (SSSR count). The van der Waals surface area contributed by atoms with Crippen LogP contribution < -0.4 is 0 Å². The van der Waals surface area contributed by atoms with Crippen molar-refractivity contribution in [2.45, 2.75) is 64.3 Å². The second kappa shape index (κ2) is 10.5. The van der Waals surface area contributed by atoms with Gasteiger partial charge in [-0.3, -0.25) is 4.79 Å². The summed E-state index contributed by atoms with van der Waals surface area (Å²) >= 11 is 7.56. The van der Waals surface area contributed by atoms with Gasteiger partial charge in [0.15, 0.2) is 0 Å². The van der Waals surface area contributed by atoms with Crippen molar-refractivity contribution in [3.05, 3.63) is 47.5 Å². The molecule has 0 aliphatic carbocycles. The molecule has 1 aliphatic rings. The Morgan fingerprint density at radius 3 is 2.48 bits per heavy atom. The third-order valence-electron chi connectivity index (χ3n) is 5.06. The predicted octanol–water partition coefficient (Wildman–Crippen LogP) is 6.29. The van der Waals surface area contributed by atoms with E-state index < -0.39 is 0 Å². The van der Waals surface area contributed by atoms with Gasteiger partial charge in [0, 0.05) is 16.2 Å². The lowest BCUT2D eigenvalue weighted by atomic mass is 9.84. The van der Waals surface area contributed by atoms with Gasteiger partial charge < -0.3 is 9.08 Å². The van der Waals surface area contributed by atoms with E-state index in [1.807, 2.05) is 30.3 Å². The molecule has 3 nitrogen and oxygen atoms in total. The highest BCUT2D eigenvalue weighted by molar-refractivity contribution is 7.95. The summed E-state index contributed by atoms with van der Waals surface area (Å²) in [6.07, 6.45) is 4.43. The number of carbonyl (C=O) groups excluding carboxylic acids is 1. The maximum Gasteiger partial charge on any atom is 0.226 e. The molecule has 0 spiro atoms. The van der Waals surface area contributed by atoms with E-state index in [0.29, 0.717) is 22.8 Å². The second-order valence-corrected chi connectivity index (χ2v) is 9.66. The third-order valence-corrected chi connectivity index (χ3v) is 5.97. The predicted molar refractivity (Wildman–Crippen MR) is 116 cm³/mol. The summed E-state index contributed by atoms with van der Waals surface area (Å²) < 4.78 is 5.90. The zero-order chi connectivity index (χ0) is 20.0. The summed E-state index contributed by atoms with van der Waals surface area (Å²) in [7, 11) is 0. The number of hydrogen-bond donors (Lipinski definition) is 0. The van der Waals surface area contributed by atoms with Crippen LogP contribution in [0.1, 0.15) is 58.6 Å². The Labute approximate surface area is 173 Å². The molecule has 1 saturated heterocycles. The van der Waals surface area contributed by atoms with Gasteiger partial charge in [0.05, 0.1) is 18.7 Å². The summed E-state index contributed by atoms with van der Waals surface area (Å²) in [5, 5.41) is 1.12. The Morgan fingerprint density at radius 2 is 1.93 bits per heavy atom. The molecule has 150 valence electrons. The first-order valence-electron chi connectivity index (χ1n) is 9.82. The molecule has 0 saturated carbocycles. The van der Waals surface area contributed by atoms with Crippen molar-refractivity contribution in [2.24, 2.45) is 11.8 Å². The Balaban J connectivity index is 2.31. The molecule has 1 aromatic carbocycles. The summed E-state index contributed by atoms with van der Waals surface area (Å²) in [6, 6.07) is 8.01. The number of hydrogen-bond acceptors (Lipinski definition) is 3. The number of rotatable bonds is 9. The smallest absolute Gasteiger partial charge is 0.226 e. The quantitative estimate of drug-likeness (QED) is 0.354. The first-order valence-corrected chi connectivity index (χ1v) is 11.0. The molecule has 0 N–H and O–H groups in total. The van der Waals surface area contributed by atoms with Crippen molar-refractivity contribution >= 4 is 29.6 Å². The molecule has 1 aromatic rings. The van der Waals surface area contributed by atoms with Crippen molar-refractivity contribution in [2.75, 3.05) is 6.61 Å². The standard InChI is InChI=1S/C22H32ClNO2S/c1-6-7-18-10-13-20(17-8-11-19(23)12-9-17)24(22(18)25)21(15(2)3)14-26-27-16(4)5/h6,8-9,11-12,15-16,18,20-21H,1,7,10,13-14H2,2-5H3. The average molecular weight is 410 g/mol. The van der Waals surface area contributed by atoms with E-state index in [-0.39, 0.29) is 23.9 Å². The first-order chi connectivity index (χ1) is 12.8. The number of amides is 1. The lowest BCUT2D eigenvalue weighted by Crippen LogP contribution is -2.52. The maximum absolute atomic E-state index is 13.4. The maximum atomic E-state index is 13.4. The van der Waals surface area contributed by atoms with Crippen molar-refractivity contribution in [3.63, 3.8) is 0 Å². The van der Waals surface area contributed by atoms with Gasteiger partial charge in [-0.1, -0.05) is 57.5 Å². The Bertz CT molecular complexity index is 617. The highest BCUT2D eigenvalue weighted by Crippen LogP contribution is 2.39. The SMILES string of the molecule is C=CCC1CCC(c2ccc(Cl)cc2)N(C(COSC(C)C)C(C)C)C1=O. The Kier molecular flexibility index (Phi) is 8.71. The van der Waals surface area contributed by atoms with Crippen LogP contribution in [0.5, 0.6) is 0 Å². The fourth-order valence-corrected chi connectivity index (χ4v) is 4.27. The van der Waals surface area contributed by atoms with Crippen molar-refractivity contribution in [3.8, 4) is 0 Å². The van der Waals surface area contributed by atoms with Crippen molar-refractivity contribution < 1.29 is 8.98 Å². The molecule has 1 amide bonds. The first kappa shape index (κ1) is 22.3. The molecule has 1 aliphatic heterocycles. The van der Waals surface area contributed by atoms with E-state index in [1.165, 1.54) is 12.0 Å². The molecule has 1 heterocycles. The van der Waals surface area contributed by atoms with Crippen LogP contribution in [0.15, 0.2) is 36.9 Å². The number of nitrogens with zero attached hydrogens (tertiary/aromatic N) is 1. The normalized spacial score (nSPS) is 21.7. The molecule has 3 unspecified atom stereocenters. The highest BCUT2D eigenvalue weighted by Gasteiger charge is 2.40. The summed E-state index contributed by atoms with van der Waals surface area (Å²) in [4.78, 5) is 15.5. The zero-order valence-corrected chi connectivity index (χ0v) is 18.4. The highest BCUT2D eigenvalue weighted by atomic mass is 35.5. The van der Waals surface area contributed by atoms with Gasteiger partial charge in [0.2, 0.25) is 5.91 Å². The Hall–Kier alpha value is -0.970. The largest absolute Gasteiger partial charge is 0.330 e. The van der Waals surface area contributed by atoms with Crippen molar-refractivity contribution in [1.82, 2.24) is 4.90 Å². The fourth-order valence-electron chi connectivity index (χ4n) is 3.65. The van der Waals surface area contributed by atoms with E-state index in [1.54, 1.807) is 0 Å². The van der Waals surface area contributed by atoms with E-state index in [0.717, 1.165) is 24.8 Å². The van der Waals surface area contributed by atoms with Crippen LogP contribution >= 0.6 is 23.6 Å². The van der Waals surface area contributed by atoms with Crippen LogP contribution in [-0.4, -0.2) is 28.7 Å². The lowest BCUT2D eigenvalue weighted by Gasteiger charge is -2.45. The van der Waals surface area contributed by atoms with Gasteiger partial charge in [-0.2, -0.15) is 0 Å². The number of allylic oxidation sites excluding steroid dienone is 1. The van der Waals surface area contributed by atoms with Crippen LogP contribution in [0.4, 0.5) is 0 Å². The number of halogens is 1. The zero-order valence-electron chi connectivity index (χ0n) is 16.9. The van der Waals surface area contributed by atoms with E-state index in [2.05, 4.69) is 39.2 Å². The van der Waals surface area contributed by atoms with Gasteiger partial charge in [-0.25, -0.2) is 0 Å². The van der Waals surface area contributed by atoms with Gasteiger partial charge in [0.1, 0.15) is 0 Å². The Morgan fingerprint density at radius 1 is 1.26 bits per heavy atom. The molecule has 5 heteroatoms. The minimum atomic E-state index is 0.0186. The summed E-state index contributed by atoms with van der Waals surface area (Å²) in [5.41, 5.74) is 1.15. The molecular formula is C22H32ClNO2S. The monoisotopic (exact) mass is 409 g/mol. The van der Waals surface area contributed by atoms with Crippen LogP contribution in [0.3, 0.4) is 0 Å². The number of benzene rings is 1. The molecule has 0 bridgehead atoms. The van der Waals surface area contributed by atoms with Crippen molar-refractivity contribution in [1.29, 1.82) is 0 Å². The molecule has 0 aromatic heterocycles. The van der Waals surface area contributed by atoms with Crippen LogP contribution in [0.2, 0.25) is 5.02 Å². The number of carbonyl (C=O) groups is 1. The molecule has 1 fully saturated rings. The van der Waals surface area contributed by atoms with E-state index >= 15 is 0 Å². The van der Waals surface area contributed by atoms with Gasteiger partial charge in [0.25, 0.3) is 0 Å². The van der Waals surface area contributed by atoms with Crippen LogP contribution in [-0.2, 0) is 8.98 Å². The lowest BCUT2D eigenvalue weighted by molar-refractivity contribution is -0.147. The van der Waals surface area contributed by atoms with Gasteiger partial charge >= 0.3 is 0 Å². The van der Waals surface area contributed by atoms with E-state index in [4.69, 9.17) is 15.8 Å². The third kappa shape index (κ3) is 6.00. The molecule has 3 atom stereocenters. The number of piperidine rings is 1. The fraction of sp³-hybridized carbons (Fsp3) is 0.591. The minimum Gasteiger partial charge on any atom is -0.330 e. The summed E-state index contributed by atoms with van der Waals surface area (Å²) in [6.45, 7) is 12.9. The minimum absolute atomic E-state index is 0.0186. The van der Waals surface area contributed by atoms with Gasteiger partial charge in [-0.15, -0.1) is 6.58 Å². The molecular weight excluding hydrogens is 378 g/mol.